The molecule has 1 aliphatic carbocycles. The number of amides is 1. The van der Waals surface area contributed by atoms with E-state index < -0.39 is 0 Å². The van der Waals surface area contributed by atoms with Crippen molar-refractivity contribution in [1.29, 1.82) is 0 Å². The summed E-state index contributed by atoms with van der Waals surface area (Å²) >= 11 is 0. The van der Waals surface area contributed by atoms with Crippen molar-refractivity contribution >= 4 is 110 Å². The molecule has 0 fully saturated rings. The van der Waals surface area contributed by atoms with E-state index in [1.165, 1.54) is 162 Å². The summed E-state index contributed by atoms with van der Waals surface area (Å²) in [5, 5.41) is 22.6. The molecule has 23 rings (SSSR count). The quantitative estimate of drug-likeness (QED) is 0.0648. The van der Waals surface area contributed by atoms with Gasteiger partial charge in [-0.3, -0.25) is 9.89 Å². The van der Waals surface area contributed by atoms with Crippen LogP contribution in [0.3, 0.4) is 0 Å². The van der Waals surface area contributed by atoms with Gasteiger partial charge in [-0.05, 0) is 292 Å². The number of aromatic amines is 6. The Balaban J connectivity index is 0.000000139. The molecular weight excluding hydrogens is 1750 g/mol. The predicted octanol–water partition coefficient (Wildman–Crippen LogP) is 38.6. The molecule has 0 saturated heterocycles. The summed E-state index contributed by atoms with van der Waals surface area (Å²) in [7, 11) is 0. The van der Waals surface area contributed by atoms with Gasteiger partial charge in [0.25, 0.3) is 0 Å². The molecule has 11 nitrogen and oxygen atoms in total. The summed E-state index contributed by atoms with van der Waals surface area (Å²) in [6, 6.07) is 109. The number of hydrogen-bond acceptors (Lipinski definition) is 4. The minimum absolute atomic E-state index is 0.107. The van der Waals surface area contributed by atoms with Crippen molar-refractivity contribution in [3.8, 4) is 0 Å². The SMILES string of the molecule is CC(C)c1cc2ccccc2[nH]1.CC(C)c1cc2ccccc2o1.CC(C)c1ccc2[nH]ccc2c1.CC(C)c1ccc2c(c1)CC(=O)N2.CC(C)c1ccc2c(c1)CCC2.CC(C)c1ccc2cc[nH]c2c1.CC(C)c1ccc2ccccc2c1.CC(C)c1ccc2cn[nH]c2c1.CC(C)c1ccc2occc2c1.CC(C)c1cccc2[nH]ccc12.CC(C)c1cccc2cc[nH]c12.CC(C)c1ccccc1. The molecule has 0 unspecified atom stereocenters. The van der Waals surface area contributed by atoms with Gasteiger partial charge < -0.3 is 39.1 Å². The molecule has 0 radical (unpaired) electrons. The maximum atomic E-state index is 11.1. The number of H-pyrrole nitrogens is 6. The highest BCUT2D eigenvalue weighted by molar-refractivity contribution is 5.99. The Kier molecular flexibility index (Phi) is 39.6. The van der Waals surface area contributed by atoms with E-state index in [1.807, 2.05) is 73.4 Å². The van der Waals surface area contributed by atoms with Crippen LogP contribution in [-0.4, -0.2) is 41.0 Å². The zero-order chi connectivity index (χ0) is 102. The zero-order valence-electron chi connectivity index (χ0n) is 89.3. The van der Waals surface area contributed by atoms with Crippen molar-refractivity contribution in [3.63, 3.8) is 0 Å². The van der Waals surface area contributed by atoms with Gasteiger partial charge in [-0.25, -0.2) is 0 Å². The lowest BCUT2D eigenvalue weighted by Crippen LogP contribution is -2.03. The van der Waals surface area contributed by atoms with Crippen LogP contribution in [0.15, 0.2) is 355 Å². The number of nitrogens with one attached hydrogen (secondary N) is 7. The van der Waals surface area contributed by atoms with Crippen LogP contribution in [0.5, 0.6) is 0 Å². The minimum atomic E-state index is 0.107. The molecule has 8 aromatic heterocycles. The molecule has 1 amide bonds. The molecule has 7 N–H and O–H groups in total. The van der Waals surface area contributed by atoms with Crippen LogP contribution in [0, 0.1) is 0 Å². The number of para-hydroxylation sites is 3. The second-order valence-corrected chi connectivity index (χ2v) is 41.6. The van der Waals surface area contributed by atoms with Gasteiger partial charge in [-0.1, -0.05) is 372 Å². The van der Waals surface area contributed by atoms with Crippen LogP contribution in [0.25, 0.3) is 98.1 Å². The fourth-order valence-corrected chi connectivity index (χ4v) is 17.4. The Hall–Kier alpha value is -14.2. The highest BCUT2D eigenvalue weighted by atomic mass is 16.3. The van der Waals surface area contributed by atoms with E-state index in [4.69, 9.17) is 8.83 Å². The molecule has 1 aliphatic heterocycles. The van der Waals surface area contributed by atoms with Gasteiger partial charge in [0.1, 0.15) is 16.9 Å². The van der Waals surface area contributed by atoms with Crippen LogP contribution in [0.1, 0.15) is 327 Å². The summed E-state index contributed by atoms with van der Waals surface area (Å²) < 4.78 is 10.9. The Morgan fingerprint density at radius 1 is 0.280 bits per heavy atom. The number of nitrogens with zero attached hydrogens (tertiary/aromatic N) is 1. The maximum Gasteiger partial charge on any atom is 0.228 e. The third-order valence-electron chi connectivity index (χ3n) is 26.6. The molecule has 0 bridgehead atoms. The summed E-state index contributed by atoms with van der Waals surface area (Å²) in [6.07, 6.45) is 16.0. The number of aryl methyl sites for hydroxylation is 2. The fourth-order valence-electron chi connectivity index (χ4n) is 17.4. The first-order chi connectivity index (χ1) is 68.7. The number of rotatable bonds is 12. The fraction of sp³-hybridized carbons (Fsp3) is 0.303. The first kappa shape index (κ1) is 108. The Morgan fingerprint density at radius 2 is 0.748 bits per heavy atom. The number of carbonyl (C=O) groups excluding carboxylic acids is 1. The van der Waals surface area contributed by atoms with Gasteiger partial charge in [0, 0.05) is 91.2 Å². The molecule has 9 heterocycles. The summed E-state index contributed by atoms with van der Waals surface area (Å²) in [5.74, 6) is 8.29. The van der Waals surface area contributed by atoms with E-state index in [-0.39, 0.29) is 5.91 Å². The van der Waals surface area contributed by atoms with Crippen molar-refractivity contribution in [2.24, 2.45) is 0 Å². The maximum absolute atomic E-state index is 11.1. The smallest absolute Gasteiger partial charge is 0.228 e. The second-order valence-electron chi connectivity index (χ2n) is 41.6. The number of fused-ring (bicyclic) bond motifs is 11. The van der Waals surface area contributed by atoms with Gasteiger partial charge in [0.05, 0.1) is 24.4 Å². The van der Waals surface area contributed by atoms with Gasteiger partial charge in [0.15, 0.2) is 0 Å². The summed E-state index contributed by atoms with van der Waals surface area (Å²) in [6.45, 7) is 52.9. The van der Waals surface area contributed by atoms with Crippen molar-refractivity contribution in [3.05, 3.63) is 430 Å². The zero-order valence-corrected chi connectivity index (χ0v) is 89.3. The number of anilines is 1. The monoisotopic (exact) mass is 1900 g/mol. The first-order valence-electron chi connectivity index (χ1n) is 52.0. The van der Waals surface area contributed by atoms with E-state index >= 15 is 0 Å². The lowest BCUT2D eigenvalue weighted by molar-refractivity contribution is -0.115. The molecule has 2 aliphatic rings. The molecular formula is C132H156N8O3. The van der Waals surface area contributed by atoms with E-state index in [2.05, 4.69) is 474 Å². The number of furan rings is 2. The minimum Gasteiger partial charge on any atom is -0.464 e. The number of aromatic nitrogens is 7. The van der Waals surface area contributed by atoms with Gasteiger partial charge in [-0.2, -0.15) is 5.10 Å². The van der Waals surface area contributed by atoms with E-state index in [0.29, 0.717) is 77.4 Å². The van der Waals surface area contributed by atoms with Crippen LogP contribution in [-0.2, 0) is 24.1 Å². The molecule has 21 aromatic rings. The van der Waals surface area contributed by atoms with Crippen LogP contribution < -0.4 is 5.32 Å². The highest BCUT2D eigenvalue weighted by Gasteiger charge is 2.19. The summed E-state index contributed by atoms with van der Waals surface area (Å²) in [4.78, 5) is 27.3. The number of benzene rings is 13. The summed E-state index contributed by atoms with van der Waals surface area (Å²) in [5.41, 5.74) is 29.9. The standard InChI is InChI=1S/C13H14.C12H16.C11H13NO.5C11H13N.2C11H12O.C10H12N2.C9H12/c1-10(2)12-8-7-11-5-3-4-6-13(11)9-12;1-9(2)11-7-6-10-4-3-5-12(10)8-11;1-7(2)8-3-4-10-9(5-8)6-11(13)12-10;1-8(2)9-3-4-11-10(7-9)5-6-12-11;1-8(2)10-4-3-9-5-6-12-11(9)7-10;1-8(2)9-4-3-5-11-10(9)6-7-12-11;1-8(2)10-5-3-4-9-6-7-12-11(9)10;1-8(2)11-7-9-5-3-4-6-10(9)12-11;1-8(2)9-3-4-11-10(7-9)5-6-12-11;1-8(2)11-7-9-5-3-4-6-10(9)12-11;1-7(2)8-3-4-9-6-11-12-10(9)5-8;1-8(2)9-6-4-3-5-7-9/h3-10H,1-2H3;6-9H,3-5H2,1-2H3;3-5,7H,6H2,1-2H3,(H,12,13);5*3-8,12H,1-2H3;2*3-8H,1-2H3;3-7H,1-2H3,(H,11,12);3-8H,1-2H3. The van der Waals surface area contributed by atoms with Crippen molar-refractivity contribution in [2.75, 3.05) is 5.32 Å². The van der Waals surface area contributed by atoms with E-state index in [9.17, 15) is 4.79 Å². The molecule has 143 heavy (non-hydrogen) atoms. The molecule has 0 atom stereocenters. The van der Waals surface area contributed by atoms with Gasteiger partial charge in [0.2, 0.25) is 5.91 Å². The van der Waals surface area contributed by atoms with Crippen LogP contribution in [0.2, 0.25) is 0 Å². The Labute approximate surface area is 851 Å². The van der Waals surface area contributed by atoms with Crippen molar-refractivity contribution in [2.45, 2.75) is 263 Å². The van der Waals surface area contributed by atoms with Gasteiger partial charge in [-0.15, -0.1) is 0 Å². The average molecular weight is 1900 g/mol. The first-order valence-corrected chi connectivity index (χ1v) is 52.0. The van der Waals surface area contributed by atoms with Crippen LogP contribution in [0.4, 0.5) is 5.69 Å². The van der Waals surface area contributed by atoms with Crippen molar-refractivity contribution in [1.82, 2.24) is 35.1 Å². The Morgan fingerprint density at radius 3 is 1.38 bits per heavy atom. The van der Waals surface area contributed by atoms with Crippen molar-refractivity contribution < 1.29 is 13.6 Å². The second kappa shape index (κ2) is 52.5. The molecule has 11 heteroatoms. The third kappa shape index (κ3) is 30.9. The van der Waals surface area contributed by atoms with Crippen LogP contribution >= 0.6 is 0 Å². The van der Waals surface area contributed by atoms with E-state index in [0.717, 1.165) is 33.7 Å². The largest absolute Gasteiger partial charge is 0.464 e. The number of hydrogen-bond donors (Lipinski definition) is 7. The predicted molar refractivity (Wildman–Crippen MR) is 617 cm³/mol. The number of carbonyl (C=O) groups is 1. The third-order valence-corrected chi connectivity index (χ3v) is 26.6. The molecule has 0 spiro atoms. The highest BCUT2D eigenvalue weighted by Crippen LogP contribution is 2.34. The Bertz CT molecular complexity index is 6910. The topological polar surface area (TPSA) is 163 Å². The molecule has 0 saturated carbocycles. The lowest BCUT2D eigenvalue weighted by Gasteiger charge is -2.07. The average Bonchev–Trinajstić information content (AvgIpc) is 1.65. The van der Waals surface area contributed by atoms with Gasteiger partial charge >= 0.3 is 0 Å². The lowest BCUT2D eigenvalue weighted by atomic mass is 9.99. The molecule has 742 valence electrons. The van der Waals surface area contributed by atoms with E-state index in [1.54, 1.807) is 17.4 Å². The molecule has 13 aromatic carbocycles. The normalized spacial score (nSPS) is 11.8.